The van der Waals surface area contributed by atoms with Crippen molar-refractivity contribution in [3.63, 3.8) is 0 Å². The zero-order valence-electron chi connectivity index (χ0n) is 11.8. The van der Waals surface area contributed by atoms with E-state index in [4.69, 9.17) is 0 Å². The molecule has 1 aliphatic carbocycles. The zero-order chi connectivity index (χ0) is 12.8. The van der Waals surface area contributed by atoms with E-state index in [0.29, 0.717) is 12.0 Å². The van der Waals surface area contributed by atoms with E-state index < -0.39 is 0 Å². The molecule has 0 amide bonds. The van der Waals surface area contributed by atoms with Gasteiger partial charge < -0.3 is 5.32 Å². The lowest BCUT2D eigenvalue weighted by Crippen LogP contribution is -2.30. The second-order valence-electron chi connectivity index (χ2n) is 5.66. The normalized spacial score (nSPS) is 24.8. The Bertz CT molecular complexity index is 362. The number of hydrogen-bond donors (Lipinski definition) is 1. The highest BCUT2D eigenvalue weighted by Crippen LogP contribution is 2.31. The average molecular weight is 246 g/mol. The lowest BCUT2D eigenvalue weighted by Gasteiger charge is -2.21. The summed E-state index contributed by atoms with van der Waals surface area (Å²) in [6, 6.07) is 3.03. The standard InChI is InChI=1S/C16H26N2/c1-3-8-18-16-7-5-4-6-14(10-16)15-9-13(2)11-17-12-15/h9,11-12,14,16,18H,3-8,10H2,1-2H3. The van der Waals surface area contributed by atoms with Crippen molar-refractivity contribution in [1.29, 1.82) is 0 Å². The highest BCUT2D eigenvalue weighted by molar-refractivity contribution is 5.21. The Morgan fingerprint density at radius 2 is 2.11 bits per heavy atom. The molecule has 1 aromatic heterocycles. The van der Waals surface area contributed by atoms with Crippen molar-refractivity contribution in [2.24, 2.45) is 0 Å². The van der Waals surface area contributed by atoms with Gasteiger partial charge in [0.1, 0.15) is 0 Å². The molecule has 1 heterocycles. The molecule has 2 unspecified atom stereocenters. The highest BCUT2D eigenvalue weighted by Gasteiger charge is 2.21. The summed E-state index contributed by atoms with van der Waals surface area (Å²) in [5, 5.41) is 3.71. The maximum atomic E-state index is 4.36. The van der Waals surface area contributed by atoms with Gasteiger partial charge in [0.05, 0.1) is 0 Å². The molecular formula is C16H26N2. The number of nitrogens with zero attached hydrogens (tertiary/aromatic N) is 1. The molecule has 100 valence electrons. The third-order valence-corrected chi connectivity index (χ3v) is 3.97. The van der Waals surface area contributed by atoms with Crippen molar-refractivity contribution in [2.45, 2.75) is 64.3 Å². The van der Waals surface area contributed by atoms with Crippen LogP contribution in [-0.4, -0.2) is 17.6 Å². The van der Waals surface area contributed by atoms with Crippen LogP contribution in [0.3, 0.4) is 0 Å². The third kappa shape index (κ3) is 3.81. The Labute approximate surface area is 111 Å². The molecule has 2 rings (SSSR count). The highest BCUT2D eigenvalue weighted by atomic mass is 14.9. The van der Waals surface area contributed by atoms with Gasteiger partial charge >= 0.3 is 0 Å². The summed E-state index contributed by atoms with van der Waals surface area (Å²) in [6.07, 6.45) is 11.9. The lowest BCUT2D eigenvalue weighted by molar-refractivity contribution is 0.439. The molecule has 0 radical (unpaired) electrons. The molecule has 1 N–H and O–H groups in total. The van der Waals surface area contributed by atoms with Gasteiger partial charge in [-0.25, -0.2) is 0 Å². The van der Waals surface area contributed by atoms with E-state index in [-0.39, 0.29) is 0 Å². The number of aromatic nitrogens is 1. The Hall–Kier alpha value is -0.890. The molecule has 2 atom stereocenters. The lowest BCUT2D eigenvalue weighted by atomic mass is 9.91. The molecule has 1 aromatic rings. The fourth-order valence-electron chi connectivity index (χ4n) is 3.00. The van der Waals surface area contributed by atoms with Crippen LogP contribution in [0.2, 0.25) is 0 Å². The van der Waals surface area contributed by atoms with Gasteiger partial charge in [0.25, 0.3) is 0 Å². The molecule has 18 heavy (non-hydrogen) atoms. The van der Waals surface area contributed by atoms with Crippen molar-refractivity contribution < 1.29 is 0 Å². The fraction of sp³-hybridized carbons (Fsp3) is 0.688. The molecule has 0 aromatic carbocycles. The van der Waals surface area contributed by atoms with Crippen LogP contribution in [0, 0.1) is 6.92 Å². The second kappa shape index (κ2) is 6.89. The van der Waals surface area contributed by atoms with E-state index in [1.807, 2.05) is 6.20 Å². The number of nitrogens with one attached hydrogen (secondary N) is 1. The Morgan fingerprint density at radius 1 is 1.28 bits per heavy atom. The SMILES string of the molecule is CCCNC1CCCCC(c2cncc(C)c2)C1. The van der Waals surface area contributed by atoms with Gasteiger partial charge in [0.2, 0.25) is 0 Å². The van der Waals surface area contributed by atoms with E-state index in [1.165, 1.54) is 49.7 Å². The molecule has 1 saturated carbocycles. The van der Waals surface area contributed by atoms with Gasteiger partial charge in [0.15, 0.2) is 0 Å². The minimum atomic E-state index is 0.703. The molecule has 0 aliphatic heterocycles. The van der Waals surface area contributed by atoms with E-state index in [0.717, 1.165) is 6.54 Å². The zero-order valence-corrected chi connectivity index (χ0v) is 11.8. The van der Waals surface area contributed by atoms with E-state index in [1.54, 1.807) is 0 Å². The van der Waals surface area contributed by atoms with Crippen molar-refractivity contribution in [3.8, 4) is 0 Å². The molecule has 0 saturated heterocycles. The minimum Gasteiger partial charge on any atom is -0.314 e. The van der Waals surface area contributed by atoms with Crippen LogP contribution >= 0.6 is 0 Å². The van der Waals surface area contributed by atoms with Crippen LogP contribution in [-0.2, 0) is 0 Å². The summed E-state index contributed by atoms with van der Waals surface area (Å²) in [6.45, 7) is 5.54. The van der Waals surface area contributed by atoms with Crippen LogP contribution in [0.15, 0.2) is 18.5 Å². The molecule has 1 fully saturated rings. The van der Waals surface area contributed by atoms with Gasteiger partial charge in [-0.1, -0.05) is 25.8 Å². The first-order valence-corrected chi connectivity index (χ1v) is 7.44. The minimum absolute atomic E-state index is 0.703. The molecule has 1 aliphatic rings. The largest absolute Gasteiger partial charge is 0.314 e. The smallest absolute Gasteiger partial charge is 0.0302 e. The van der Waals surface area contributed by atoms with E-state index in [9.17, 15) is 0 Å². The summed E-state index contributed by atoms with van der Waals surface area (Å²) in [4.78, 5) is 4.36. The summed E-state index contributed by atoms with van der Waals surface area (Å²) in [5.74, 6) is 0.703. The second-order valence-corrected chi connectivity index (χ2v) is 5.66. The van der Waals surface area contributed by atoms with Crippen molar-refractivity contribution in [1.82, 2.24) is 10.3 Å². The van der Waals surface area contributed by atoms with Crippen LogP contribution in [0.25, 0.3) is 0 Å². The molecule has 0 spiro atoms. The predicted molar refractivity (Wildman–Crippen MR) is 76.9 cm³/mol. The van der Waals surface area contributed by atoms with Crippen molar-refractivity contribution >= 4 is 0 Å². The van der Waals surface area contributed by atoms with E-state index >= 15 is 0 Å². The summed E-state index contributed by atoms with van der Waals surface area (Å²) in [5.41, 5.74) is 2.73. The van der Waals surface area contributed by atoms with Crippen molar-refractivity contribution in [2.75, 3.05) is 6.54 Å². The van der Waals surface area contributed by atoms with Crippen molar-refractivity contribution in [3.05, 3.63) is 29.6 Å². The number of hydrogen-bond acceptors (Lipinski definition) is 2. The number of pyridine rings is 1. The summed E-state index contributed by atoms with van der Waals surface area (Å²) in [7, 11) is 0. The topological polar surface area (TPSA) is 24.9 Å². The number of rotatable bonds is 4. The van der Waals surface area contributed by atoms with Gasteiger partial charge in [-0.15, -0.1) is 0 Å². The van der Waals surface area contributed by atoms with Gasteiger partial charge in [-0.2, -0.15) is 0 Å². The monoisotopic (exact) mass is 246 g/mol. The molecule has 0 bridgehead atoms. The van der Waals surface area contributed by atoms with Crippen LogP contribution in [0.1, 0.15) is 62.5 Å². The Balaban J connectivity index is 2.02. The first-order valence-electron chi connectivity index (χ1n) is 7.44. The van der Waals surface area contributed by atoms with Gasteiger partial charge in [-0.05, 0) is 56.2 Å². The average Bonchev–Trinajstić information content (AvgIpc) is 2.62. The predicted octanol–water partition coefficient (Wildman–Crippen LogP) is 3.81. The maximum Gasteiger partial charge on any atom is 0.0302 e. The molecule has 2 heteroatoms. The molecular weight excluding hydrogens is 220 g/mol. The quantitative estimate of drug-likeness (QED) is 0.817. The third-order valence-electron chi connectivity index (χ3n) is 3.97. The van der Waals surface area contributed by atoms with Gasteiger partial charge in [-0.3, -0.25) is 4.98 Å². The first kappa shape index (κ1) is 13.5. The van der Waals surface area contributed by atoms with Gasteiger partial charge in [0, 0.05) is 18.4 Å². The fourth-order valence-corrected chi connectivity index (χ4v) is 3.00. The first-order chi connectivity index (χ1) is 8.79. The number of aryl methyl sites for hydroxylation is 1. The molecule has 2 nitrogen and oxygen atoms in total. The Morgan fingerprint density at radius 3 is 2.89 bits per heavy atom. The summed E-state index contributed by atoms with van der Waals surface area (Å²) >= 11 is 0. The van der Waals surface area contributed by atoms with Crippen LogP contribution in [0.4, 0.5) is 0 Å². The van der Waals surface area contributed by atoms with Crippen LogP contribution in [0.5, 0.6) is 0 Å². The maximum absolute atomic E-state index is 4.36. The van der Waals surface area contributed by atoms with E-state index in [2.05, 4.69) is 36.4 Å². The Kier molecular flexibility index (Phi) is 5.18. The van der Waals surface area contributed by atoms with Crippen LogP contribution < -0.4 is 5.32 Å². The summed E-state index contributed by atoms with van der Waals surface area (Å²) < 4.78 is 0.